The van der Waals surface area contributed by atoms with Crippen LogP contribution in [0.15, 0.2) is 18.2 Å². The fourth-order valence-electron chi connectivity index (χ4n) is 4.35. The first-order valence-corrected chi connectivity index (χ1v) is 9.32. The van der Waals surface area contributed by atoms with Crippen LogP contribution < -0.4 is 0 Å². The first-order chi connectivity index (χ1) is 12.0. The molecular formula is C20H25FN2O2. The summed E-state index contributed by atoms with van der Waals surface area (Å²) in [6.45, 7) is 4.10. The van der Waals surface area contributed by atoms with Gasteiger partial charge in [-0.3, -0.25) is 9.59 Å². The lowest BCUT2D eigenvalue weighted by molar-refractivity contribution is -0.139. The van der Waals surface area contributed by atoms with Crippen LogP contribution in [0.1, 0.15) is 54.4 Å². The Morgan fingerprint density at radius 1 is 1.20 bits per heavy atom. The summed E-state index contributed by atoms with van der Waals surface area (Å²) in [4.78, 5) is 28.9. The Morgan fingerprint density at radius 3 is 2.60 bits per heavy atom. The number of benzene rings is 1. The average Bonchev–Trinajstić information content (AvgIpc) is 3.45. The Labute approximate surface area is 148 Å². The Kier molecular flexibility index (Phi) is 4.05. The number of amides is 2. The second-order valence-electron chi connectivity index (χ2n) is 8.00. The van der Waals surface area contributed by atoms with Gasteiger partial charge in [-0.05, 0) is 62.1 Å². The number of halogens is 1. The maximum atomic E-state index is 13.5. The van der Waals surface area contributed by atoms with Gasteiger partial charge in [0.05, 0.1) is 0 Å². The number of hydrogen-bond donors (Lipinski definition) is 0. The zero-order valence-corrected chi connectivity index (χ0v) is 14.8. The molecule has 0 radical (unpaired) electrons. The molecule has 2 amide bonds. The van der Waals surface area contributed by atoms with Crippen LogP contribution in [-0.2, 0) is 4.79 Å². The zero-order valence-electron chi connectivity index (χ0n) is 14.8. The van der Waals surface area contributed by atoms with Crippen molar-refractivity contribution in [2.24, 2.45) is 5.41 Å². The van der Waals surface area contributed by atoms with Gasteiger partial charge >= 0.3 is 0 Å². The summed E-state index contributed by atoms with van der Waals surface area (Å²) in [7, 11) is 0. The van der Waals surface area contributed by atoms with Gasteiger partial charge in [0.1, 0.15) is 5.82 Å². The molecule has 4 nitrogen and oxygen atoms in total. The number of carbonyl (C=O) groups is 2. The van der Waals surface area contributed by atoms with Crippen molar-refractivity contribution in [2.75, 3.05) is 19.6 Å². The molecule has 134 valence electrons. The van der Waals surface area contributed by atoms with Crippen LogP contribution >= 0.6 is 0 Å². The van der Waals surface area contributed by atoms with Gasteiger partial charge in [0.15, 0.2) is 0 Å². The molecule has 4 rings (SSSR count). The molecule has 1 aliphatic carbocycles. The number of nitrogens with zero attached hydrogens (tertiary/aromatic N) is 2. The van der Waals surface area contributed by atoms with Gasteiger partial charge in [-0.2, -0.15) is 0 Å². The molecule has 1 saturated carbocycles. The van der Waals surface area contributed by atoms with E-state index >= 15 is 0 Å². The summed E-state index contributed by atoms with van der Waals surface area (Å²) < 4.78 is 13.5. The van der Waals surface area contributed by atoms with Crippen molar-refractivity contribution < 1.29 is 14.0 Å². The van der Waals surface area contributed by atoms with E-state index in [1.807, 2.05) is 11.8 Å². The van der Waals surface area contributed by atoms with E-state index in [-0.39, 0.29) is 17.1 Å². The van der Waals surface area contributed by atoms with Crippen LogP contribution in [0.5, 0.6) is 0 Å². The second-order valence-corrected chi connectivity index (χ2v) is 8.00. The maximum absolute atomic E-state index is 13.5. The number of hydrogen-bond acceptors (Lipinski definition) is 2. The van der Waals surface area contributed by atoms with E-state index in [0.29, 0.717) is 37.0 Å². The quantitative estimate of drug-likeness (QED) is 0.827. The van der Waals surface area contributed by atoms with Crippen LogP contribution in [0.4, 0.5) is 4.39 Å². The van der Waals surface area contributed by atoms with Crippen molar-refractivity contribution in [2.45, 2.75) is 51.5 Å². The monoisotopic (exact) mass is 344 g/mol. The average molecular weight is 344 g/mol. The fraction of sp³-hybridized carbons (Fsp3) is 0.600. The predicted octanol–water partition coefficient (Wildman–Crippen LogP) is 3.14. The van der Waals surface area contributed by atoms with Crippen LogP contribution in [0.25, 0.3) is 0 Å². The minimum atomic E-state index is -0.367. The molecule has 1 aromatic carbocycles. The molecule has 0 bridgehead atoms. The standard InChI is InChI=1S/C20H25FN2O2/c1-14-2-3-15(21)12-17(14)19(25)22-10-8-20(9-11-22)7-6-18(24)23(13-20)16-4-5-16/h2-3,12,16H,4-11,13H2,1H3. The Bertz CT molecular complexity index is 706. The first kappa shape index (κ1) is 16.6. The first-order valence-electron chi connectivity index (χ1n) is 9.32. The third-order valence-electron chi connectivity index (χ3n) is 6.22. The Balaban J connectivity index is 1.43. The van der Waals surface area contributed by atoms with Crippen LogP contribution in [0.3, 0.4) is 0 Å². The molecule has 0 unspecified atom stereocenters. The van der Waals surface area contributed by atoms with Crippen molar-refractivity contribution in [3.63, 3.8) is 0 Å². The summed E-state index contributed by atoms with van der Waals surface area (Å²) in [6, 6.07) is 4.87. The fourth-order valence-corrected chi connectivity index (χ4v) is 4.35. The number of likely N-dealkylation sites (tertiary alicyclic amines) is 2. The lowest BCUT2D eigenvalue weighted by atomic mass is 9.72. The highest BCUT2D eigenvalue weighted by Crippen LogP contribution is 2.43. The van der Waals surface area contributed by atoms with E-state index in [1.54, 1.807) is 6.07 Å². The third-order valence-corrected chi connectivity index (χ3v) is 6.22. The normalized spacial score (nSPS) is 23.2. The summed E-state index contributed by atoms with van der Waals surface area (Å²) in [5, 5.41) is 0. The van der Waals surface area contributed by atoms with Crippen molar-refractivity contribution in [3.05, 3.63) is 35.1 Å². The highest BCUT2D eigenvalue weighted by molar-refractivity contribution is 5.95. The molecular weight excluding hydrogens is 319 g/mol. The Morgan fingerprint density at radius 2 is 1.92 bits per heavy atom. The van der Waals surface area contributed by atoms with E-state index in [4.69, 9.17) is 0 Å². The minimum absolute atomic E-state index is 0.0715. The highest BCUT2D eigenvalue weighted by Gasteiger charge is 2.45. The molecule has 5 heteroatoms. The molecule has 3 fully saturated rings. The maximum Gasteiger partial charge on any atom is 0.254 e. The second kappa shape index (κ2) is 6.11. The number of piperidine rings is 2. The van der Waals surface area contributed by atoms with Crippen molar-refractivity contribution >= 4 is 11.8 Å². The van der Waals surface area contributed by atoms with Crippen LogP contribution in [0.2, 0.25) is 0 Å². The molecule has 2 heterocycles. The van der Waals surface area contributed by atoms with Gasteiger partial charge in [-0.15, -0.1) is 0 Å². The summed E-state index contributed by atoms with van der Waals surface area (Å²) >= 11 is 0. The highest BCUT2D eigenvalue weighted by atomic mass is 19.1. The predicted molar refractivity (Wildman–Crippen MR) is 92.7 cm³/mol. The van der Waals surface area contributed by atoms with E-state index in [1.165, 1.54) is 12.1 Å². The SMILES string of the molecule is Cc1ccc(F)cc1C(=O)N1CCC2(CCC(=O)N(C3CC3)C2)CC1. The van der Waals surface area contributed by atoms with Crippen LogP contribution in [-0.4, -0.2) is 47.3 Å². The van der Waals surface area contributed by atoms with E-state index < -0.39 is 0 Å². The molecule has 0 aromatic heterocycles. The zero-order chi connectivity index (χ0) is 17.6. The van der Waals surface area contributed by atoms with Crippen molar-refractivity contribution in [3.8, 4) is 0 Å². The third kappa shape index (κ3) is 3.16. The molecule has 25 heavy (non-hydrogen) atoms. The molecule has 1 aromatic rings. The van der Waals surface area contributed by atoms with E-state index in [0.717, 1.165) is 44.2 Å². The number of carbonyl (C=O) groups excluding carboxylic acids is 2. The summed E-state index contributed by atoms with van der Waals surface area (Å²) in [5.41, 5.74) is 1.45. The van der Waals surface area contributed by atoms with E-state index in [9.17, 15) is 14.0 Å². The number of aryl methyl sites for hydroxylation is 1. The van der Waals surface area contributed by atoms with Crippen LogP contribution in [0, 0.1) is 18.2 Å². The number of rotatable bonds is 2. The smallest absolute Gasteiger partial charge is 0.254 e. The van der Waals surface area contributed by atoms with Gasteiger partial charge in [-0.25, -0.2) is 4.39 Å². The molecule has 1 spiro atoms. The Hall–Kier alpha value is -1.91. The lowest BCUT2D eigenvalue weighted by Gasteiger charge is -2.47. The molecule has 2 aliphatic heterocycles. The van der Waals surface area contributed by atoms with Crippen molar-refractivity contribution in [1.82, 2.24) is 9.80 Å². The molecule has 0 N–H and O–H groups in total. The topological polar surface area (TPSA) is 40.6 Å². The van der Waals surface area contributed by atoms with Crippen molar-refractivity contribution in [1.29, 1.82) is 0 Å². The summed E-state index contributed by atoms with van der Waals surface area (Å²) in [6.07, 6.45) is 5.74. The van der Waals surface area contributed by atoms with Gasteiger partial charge in [0, 0.05) is 37.7 Å². The molecule has 0 atom stereocenters. The summed E-state index contributed by atoms with van der Waals surface area (Å²) in [5.74, 6) is -0.131. The molecule has 3 aliphatic rings. The van der Waals surface area contributed by atoms with Gasteiger partial charge < -0.3 is 9.80 Å². The lowest BCUT2D eigenvalue weighted by Crippen LogP contribution is -2.53. The van der Waals surface area contributed by atoms with Gasteiger partial charge in [0.25, 0.3) is 5.91 Å². The van der Waals surface area contributed by atoms with E-state index in [2.05, 4.69) is 4.90 Å². The van der Waals surface area contributed by atoms with Gasteiger partial charge in [0.2, 0.25) is 5.91 Å². The minimum Gasteiger partial charge on any atom is -0.339 e. The largest absolute Gasteiger partial charge is 0.339 e. The molecule has 2 saturated heterocycles. The van der Waals surface area contributed by atoms with Gasteiger partial charge in [-0.1, -0.05) is 6.07 Å².